The minimum Gasteiger partial charge on any atom is -0.387 e. The van der Waals surface area contributed by atoms with Crippen molar-refractivity contribution in [1.82, 2.24) is 9.55 Å². The van der Waals surface area contributed by atoms with Gasteiger partial charge in [0.05, 0.1) is 11.5 Å². The summed E-state index contributed by atoms with van der Waals surface area (Å²) in [7, 11) is -4.22. The van der Waals surface area contributed by atoms with Gasteiger partial charge >= 0.3 is 5.69 Å². The molecule has 230 valence electrons. The Labute approximate surface area is 260 Å². The van der Waals surface area contributed by atoms with E-state index in [1.807, 2.05) is 97.9 Å². The molecule has 10 heteroatoms. The van der Waals surface area contributed by atoms with Crippen molar-refractivity contribution in [2.45, 2.75) is 41.1 Å². The Morgan fingerprint density at radius 3 is 1.80 bits per heavy atom. The van der Waals surface area contributed by atoms with Crippen LogP contribution in [0.2, 0.25) is 0 Å². The third kappa shape index (κ3) is 5.69. The molecule has 9 nitrogen and oxygen atoms in total. The molecule has 0 aliphatic carbocycles. The van der Waals surface area contributed by atoms with Gasteiger partial charge in [0.1, 0.15) is 23.1 Å². The van der Waals surface area contributed by atoms with Crippen molar-refractivity contribution in [3.05, 3.63) is 171 Å². The molecule has 0 spiro atoms. The number of rotatable bonds is 9. The average Bonchev–Trinajstić information content (AvgIpc) is 3.39. The first-order valence-electron chi connectivity index (χ1n) is 14.5. The molecule has 1 fully saturated rings. The van der Waals surface area contributed by atoms with Gasteiger partial charge in [-0.3, -0.25) is 14.3 Å². The quantitative estimate of drug-likeness (QED) is 0.238. The van der Waals surface area contributed by atoms with E-state index < -0.39 is 50.4 Å². The zero-order valence-corrected chi connectivity index (χ0v) is 25.2. The zero-order valence-electron chi connectivity index (χ0n) is 24.4. The number of aliphatic hydroxyl groups excluding tert-OH is 1. The summed E-state index contributed by atoms with van der Waals surface area (Å²) in [6, 6.07) is 36.2. The molecule has 2 N–H and O–H groups in total. The van der Waals surface area contributed by atoms with Crippen LogP contribution in [-0.2, 0) is 24.9 Å². The van der Waals surface area contributed by atoms with Gasteiger partial charge in [-0.25, -0.2) is 13.2 Å². The van der Waals surface area contributed by atoms with Crippen LogP contribution in [0.15, 0.2) is 142 Å². The molecule has 4 aromatic carbocycles. The summed E-state index contributed by atoms with van der Waals surface area (Å²) in [5.74, 6) is 0. The number of ether oxygens (including phenoxy) is 2. The number of sulfone groups is 1. The number of aryl methyl sites for hydroxylation is 1. The second-order valence-electron chi connectivity index (χ2n) is 11.0. The van der Waals surface area contributed by atoms with E-state index >= 15 is 0 Å². The maximum Gasteiger partial charge on any atom is 0.330 e. The molecule has 0 radical (unpaired) electrons. The minimum atomic E-state index is -4.22. The molecule has 0 amide bonds. The fourth-order valence-electron chi connectivity index (χ4n) is 5.96. The molecule has 4 atom stereocenters. The molecule has 6 rings (SSSR count). The molecule has 1 saturated heterocycles. The molecular formula is C35H32N2O7S. The highest BCUT2D eigenvalue weighted by molar-refractivity contribution is 7.92. The van der Waals surface area contributed by atoms with Crippen molar-refractivity contribution in [3.63, 3.8) is 0 Å². The largest absolute Gasteiger partial charge is 0.387 e. The van der Waals surface area contributed by atoms with Crippen LogP contribution in [-0.4, -0.2) is 47.1 Å². The summed E-state index contributed by atoms with van der Waals surface area (Å²) in [4.78, 5) is 26.7. The molecule has 0 saturated carbocycles. The maximum absolute atomic E-state index is 14.2. The molecule has 5 aromatic rings. The third-order valence-electron chi connectivity index (χ3n) is 8.15. The van der Waals surface area contributed by atoms with Gasteiger partial charge in [0.15, 0.2) is 16.1 Å². The van der Waals surface area contributed by atoms with Crippen molar-refractivity contribution in [3.8, 4) is 0 Å². The highest BCUT2D eigenvalue weighted by atomic mass is 32.2. The lowest BCUT2D eigenvalue weighted by molar-refractivity contribution is -0.0873. The van der Waals surface area contributed by atoms with Crippen LogP contribution < -0.4 is 11.2 Å². The van der Waals surface area contributed by atoms with E-state index in [0.717, 1.165) is 32.9 Å². The monoisotopic (exact) mass is 624 g/mol. The van der Waals surface area contributed by atoms with E-state index in [2.05, 4.69) is 4.98 Å². The minimum absolute atomic E-state index is 0.000608. The van der Waals surface area contributed by atoms with E-state index in [-0.39, 0.29) is 11.5 Å². The van der Waals surface area contributed by atoms with Crippen LogP contribution in [0.1, 0.15) is 28.5 Å². The Bertz CT molecular complexity index is 1880. The molecule has 1 aliphatic rings. The number of aromatic amines is 1. The normalized spacial score (nSPS) is 20.2. The smallest absolute Gasteiger partial charge is 0.330 e. The van der Waals surface area contributed by atoms with Gasteiger partial charge in [0, 0.05) is 12.3 Å². The van der Waals surface area contributed by atoms with Crippen molar-refractivity contribution >= 4 is 9.84 Å². The number of nitrogens with one attached hydrogen (secondary N) is 1. The Morgan fingerprint density at radius 2 is 1.31 bits per heavy atom. The lowest BCUT2D eigenvalue weighted by atomic mass is 9.80. The zero-order chi connectivity index (χ0) is 31.6. The SMILES string of the molecule is Cc1ccc(S(=O)(=O)[C@H]2[C@H](O)[C@H](n3ccc(=O)[nH]c3=O)O[C@@H]2COC(c2ccccc2)(c2ccccc2)c2ccccc2)cc1. The van der Waals surface area contributed by atoms with Crippen molar-refractivity contribution in [1.29, 1.82) is 0 Å². The van der Waals surface area contributed by atoms with Gasteiger partial charge in [0.2, 0.25) is 0 Å². The van der Waals surface area contributed by atoms with Gasteiger partial charge < -0.3 is 14.6 Å². The van der Waals surface area contributed by atoms with E-state index in [4.69, 9.17) is 9.47 Å². The summed E-state index contributed by atoms with van der Waals surface area (Å²) in [5.41, 5.74) is 0.598. The summed E-state index contributed by atoms with van der Waals surface area (Å²) in [6.07, 6.45) is -3.12. The number of H-pyrrole nitrogens is 1. The summed E-state index contributed by atoms with van der Waals surface area (Å²) < 4.78 is 42.4. The number of aromatic nitrogens is 2. The van der Waals surface area contributed by atoms with E-state index in [1.54, 1.807) is 12.1 Å². The highest BCUT2D eigenvalue weighted by Gasteiger charge is 2.53. The van der Waals surface area contributed by atoms with Crippen LogP contribution in [0, 0.1) is 6.92 Å². The van der Waals surface area contributed by atoms with E-state index in [0.29, 0.717) is 0 Å². The first-order chi connectivity index (χ1) is 21.7. The molecule has 1 aliphatic heterocycles. The number of aliphatic hydroxyl groups is 1. The fraction of sp³-hybridized carbons (Fsp3) is 0.200. The predicted molar refractivity (Wildman–Crippen MR) is 169 cm³/mol. The molecule has 2 heterocycles. The lowest BCUT2D eigenvalue weighted by Crippen LogP contribution is -2.44. The molecular weight excluding hydrogens is 592 g/mol. The fourth-order valence-corrected chi connectivity index (χ4v) is 7.83. The maximum atomic E-state index is 14.2. The Balaban J connectivity index is 1.47. The van der Waals surface area contributed by atoms with Gasteiger partial charge in [-0.2, -0.15) is 0 Å². The van der Waals surface area contributed by atoms with E-state index in [9.17, 15) is 23.1 Å². The van der Waals surface area contributed by atoms with Gasteiger partial charge in [-0.15, -0.1) is 0 Å². The first-order valence-corrected chi connectivity index (χ1v) is 16.0. The predicted octanol–water partition coefficient (Wildman–Crippen LogP) is 3.95. The Morgan fingerprint density at radius 1 is 0.800 bits per heavy atom. The summed E-state index contributed by atoms with van der Waals surface area (Å²) in [5, 5.41) is 10.1. The first kappa shape index (κ1) is 30.4. The molecule has 1 aromatic heterocycles. The average molecular weight is 625 g/mol. The summed E-state index contributed by atoms with van der Waals surface area (Å²) >= 11 is 0. The van der Waals surface area contributed by atoms with Crippen LogP contribution in [0.5, 0.6) is 0 Å². The number of hydrogen-bond acceptors (Lipinski definition) is 7. The second-order valence-corrected chi connectivity index (χ2v) is 13.1. The van der Waals surface area contributed by atoms with Crippen molar-refractivity contribution in [2.75, 3.05) is 6.61 Å². The van der Waals surface area contributed by atoms with E-state index in [1.165, 1.54) is 18.3 Å². The van der Waals surface area contributed by atoms with Crippen LogP contribution in [0.25, 0.3) is 0 Å². The Hall–Kier alpha value is -4.61. The van der Waals surface area contributed by atoms with Crippen molar-refractivity contribution in [2.24, 2.45) is 0 Å². The van der Waals surface area contributed by atoms with Crippen LogP contribution >= 0.6 is 0 Å². The van der Waals surface area contributed by atoms with Gasteiger partial charge in [-0.05, 0) is 35.7 Å². The number of hydrogen-bond donors (Lipinski definition) is 2. The Kier molecular flexibility index (Phi) is 8.39. The summed E-state index contributed by atoms with van der Waals surface area (Å²) in [6.45, 7) is 1.57. The van der Waals surface area contributed by atoms with Crippen LogP contribution in [0.3, 0.4) is 0 Å². The van der Waals surface area contributed by atoms with Gasteiger partial charge in [-0.1, -0.05) is 109 Å². The molecule has 0 bridgehead atoms. The topological polar surface area (TPSA) is 128 Å². The molecule has 45 heavy (non-hydrogen) atoms. The number of nitrogens with zero attached hydrogens (tertiary/aromatic N) is 1. The lowest BCUT2D eigenvalue weighted by Gasteiger charge is -2.37. The standard InChI is InChI=1S/C35H32N2O7S/c1-24-17-19-28(20-18-24)45(41,42)32-29(44-33(31(32)39)37-22-21-30(38)36-34(37)40)23-43-35(25-11-5-2-6-12-25,26-13-7-3-8-14-26)27-15-9-4-10-16-27/h2-22,29,31-33,39H,23H2,1H3,(H,36,38,40)/t29-,31+,32-,33-/m1/s1. The number of benzene rings is 4. The van der Waals surface area contributed by atoms with Crippen molar-refractivity contribution < 1.29 is 23.0 Å². The third-order valence-corrected chi connectivity index (χ3v) is 10.4. The van der Waals surface area contributed by atoms with Crippen LogP contribution in [0.4, 0.5) is 0 Å². The second kappa shape index (κ2) is 12.4. The molecule has 0 unspecified atom stereocenters. The van der Waals surface area contributed by atoms with Gasteiger partial charge in [0.25, 0.3) is 5.56 Å². The highest BCUT2D eigenvalue weighted by Crippen LogP contribution is 2.43.